The Labute approximate surface area is 94.4 Å². The van der Waals surface area contributed by atoms with Crippen molar-refractivity contribution in [1.82, 2.24) is 4.90 Å². The predicted molar refractivity (Wildman–Crippen MR) is 57.1 cm³/mol. The molecular weight excluding hydrogens is 233 g/mol. The number of likely N-dealkylation sites (tertiary alicyclic amines) is 1. The highest BCUT2D eigenvalue weighted by atomic mass is 31.2. The molecule has 0 bridgehead atoms. The molecule has 6 nitrogen and oxygen atoms in total. The lowest BCUT2D eigenvalue weighted by atomic mass is 10.4. The Morgan fingerprint density at radius 1 is 1.19 bits per heavy atom. The molecule has 0 saturated carbocycles. The first-order chi connectivity index (χ1) is 7.52. The standard InChI is InChI=1S/C9H16NO5P/c1-14-16(13,15-2)7-3-6-10-8(11)4-5-9(10)12/h3-7H2,1-2H3. The van der Waals surface area contributed by atoms with E-state index in [1.807, 2.05) is 0 Å². The van der Waals surface area contributed by atoms with Crippen molar-refractivity contribution in [3.8, 4) is 0 Å². The van der Waals surface area contributed by atoms with Crippen molar-refractivity contribution in [1.29, 1.82) is 0 Å². The van der Waals surface area contributed by atoms with Crippen LogP contribution < -0.4 is 0 Å². The number of amides is 2. The molecule has 0 aromatic carbocycles. The molecule has 0 spiro atoms. The second-order valence-electron chi connectivity index (χ2n) is 3.49. The highest BCUT2D eigenvalue weighted by Crippen LogP contribution is 2.46. The number of rotatable bonds is 6. The van der Waals surface area contributed by atoms with Crippen molar-refractivity contribution in [2.24, 2.45) is 0 Å². The summed E-state index contributed by atoms with van der Waals surface area (Å²) in [6.45, 7) is 0.286. The SMILES string of the molecule is COP(=O)(CCCN1C(=O)CCC1=O)OC. The number of hydrogen-bond acceptors (Lipinski definition) is 5. The van der Waals surface area contributed by atoms with E-state index in [0.29, 0.717) is 6.42 Å². The van der Waals surface area contributed by atoms with Crippen LogP contribution in [0.1, 0.15) is 19.3 Å². The lowest BCUT2D eigenvalue weighted by Gasteiger charge is -2.16. The van der Waals surface area contributed by atoms with Gasteiger partial charge in [-0.1, -0.05) is 0 Å². The molecule has 0 aromatic rings. The van der Waals surface area contributed by atoms with Gasteiger partial charge in [-0.2, -0.15) is 0 Å². The lowest BCUT2D eigenvalue weighted by molar-refractivity contribution is -0.138. The molecular formula is C9H16NO5P. The topological polar surface area (TPSA) is 72.9 Å². The second kappa shape index (κ2) is 5.57. The summed E-state index contributed by atoms with van der Waals surface area (Å²) in [5.41, 5.74) is 0. The van der Waals surface area contributed by atoms with Crippen LogP contribution in [0.3, 0.4) is 0 Å². The zero-order chi connectivity index (χ0) is 12.2. The molecule has 1 aliphatic heterocycles. The maximum atomic E-state index is 11.7. The lowest BCUT2D eigenvalue weighted by Crippen LogP contribution is -2.30. The van der Waals surface area contributed by atoms with E-state index in [0.717, 1.165) is 0 Å². The van der Waals surface area contributed by atoms with E-state index < -0.39 is 7.60 Å². The Bertz CT molecular complexity index is 306. The molecule has 0 N–H and O–H groups in total. The van der Waals surface area contributed by atoms with Crippen molar-refractivity contribution < 1.29 is 23.2 Å². The fraction of sp³-hybridized carbons (Fsp3) is 0.778. The summed E-state index contributed by atoms with van der Waals surface area (Å²) in [4.78, 5) is 23.7. The second-order valence-corrected chi connectivity index (χ2v) is 5.89. The van der Waals surface area contributed by atoms with Crippen LogP contribution in [0.4, 0.5) is 0 Å². The number of imide groups is 1. The van der Waals surface area contributed by atoms with E-state index in [4.69, 9.17) is 9.05 Å². The van der Waals surface area contributed by atoms with Gasteiger partial charge in [-0.3, -0.25) is 19.1 Å². The third kappa shape index (κ3) is 3.14. The van der Waals surface area contributed by atoms with Crippen LogP contribution in [0.5, 0.6) is 0 Å². The van der Waals surface area contributed by atoms with Crippen LogP contribution in [0.15, 0.2) is 0 Å². The van der Waals surface area contributed by atoms with Crippen molar-refractivity contribution in [2.75, 3.05) is 26.9 Å². The van der Waals surface area contributed by atoms with Crippen LogP contribution in [0.2, 0.25) is 0 Å². The summed E-state index contributed by atoms with van der Waals surface area (Å²) in [7, 11) is -0.395. The van der Waals surface area contributed by atoms with Gasteiger partial charge in [0, 0.05) is 33.6 Å². The minimum absolute atomic E-state index is 0.158. The fourth-order valence-corrected chi connectivity index (χ4v) is 2.59. The van der Waals surface area contributed by atoms with E-state index in [9.17, 15) is 14.2 Å². The average molecular weight is 249 g/mol. The van der Waals surface area contributed by atoms with Gasteiger partial charge in [-0.05, 0) is 6.42 Å². The normalized spacial score (nSPS) is 17.2. The van der Waals surface area contributed by atoms with E-state index in [-0.39, 0.29) is 37.4 Å². The van der Waals surface area contributed by atoms with Gasteiger partial charge in [0.15, 0.2) is 0 Å². The number of hydrogen-bond donors (Lipinski definition) is 0. The molecule has 92 valence electrons. The molecule has 7 heteroatoms. The molecule has 1 heterocycles. The molecule has 1 rings (SSSR count). The molecule has 16 heavy (non-hydrogen) atoms. The third-order valence-corrected chi connectivity index (χ3v) is 4.50. The van der Waals surface area contributed by atoms with Gasteiger partial charge in [0.25, 0.3) is 0 Å². The molecule has 0 aliphatic carbocycles. The number of carbonyl (C=O) groups is 2. The van der Waals surface area contributed by atoms with Gasteiger partial charge in [-0.15, -0.1) is 0 Å². The van der Waals surface area contributed by atoms with Gasteiger partial charge < -0.3 is 9.05 Å². The summed E-state index contributed by atoms with van der Waals surface area (Å²) < 4.78 is 21.2. The average Bonchev–Trinajstić information content (AvgIpc) is 2.60. The Morgan fingerprint density at radius 3 is 2.12 bits per heavy atom. The largest absolute Gasteiger partial charge is 0.330 e. The maximum Gasteiger partial charge on any atom is 0.330 e. The van der Waals surface area contributed by atoms with Gasteiger partial charge in [-0.25, -0.2) is 0 Å². The Balaban J connectivity index is 2.38. The molecule has 2 amide bonds. The first-order valence-electron chi connectivity index (χ1n) is 5.06. The minimum atomic E-state index is -3.03. The smallest absolute Gasteiger partial charge is 0.312 e. The first kappa shape index (κ1) is 13.4. The Hall–Kier alpha value is -0.710. The van der Waals surface area contributed by atoms with E-state index >= 15 is 0 Å². The summed E-state index contributed by atoms with van der Waals surface area (Å²) in [5, 5.41) is 0. The summed E-state index contributed by atoms with van der Waals surface area (Å²) in [5.74, 6) is -0.315. The van der Waals surface area contributed by atoms with Crippen molar-refractivity contribution in [2.45, 2.75) is 19.3 Å². The van der Waals surface area contributed by atoms with E-state index in [2.05, 4.69) is 0 Å². The zero-order valence-corrected chi connectivity index (χ0v) is 10.4. The van der Waals surface area contributed by atoms with Crippen LogP contribution >= 0.6 is 7.60 Å². The van der Waals surface area contributed by atoms with E-state index in [1.165, 1.54) is 19.1 Å². The van der Waals surface area contributed by atoms with Crippen LogP contribution in [0, 0.1) is 0 Å². The first-order valence-corrected chi connectivity index (χ1v) is 6.79. The van der Waals surface area contributed by atoms with Gasteiger partial charge in [0.1, 0.15) is 0 Å². The van der Waals surface area contributed by atoms with Crippen molar-refractivity contribution >= 4 is 19.4 Å². The summed E-state index contributed by atoms with van der Waals surface area (Å²) >= 11 is 0. The summed E-state index contributed by atoms with van der Waals surface area (Å²) in [6, 6.07) is 0. The minimum Gasteiger partial charge on any atom is -0.312 e. The zero-order valence-electron chi connectivity index (χ0n) is 9.47. The van der Waals surface area contributed by atoms with Gasteiger partial charge >= 0.3 is 7.60 Å². The highest BCUT2D eigenvalue weighted by molar-refractivity contribution is 7.53. The molecule has 0 atom stereocenters. The molecule has 0 radical (unpaired) electrons. The number of nitrogens with zero attached hydrogens (tertiary/aromatic N) is 1. The van der Waals surface area contributed by atoms with Crippen LogP contribution in [-0.4, -0.2) is 43.6 Å². The van der Waals surface area contributed by atoms with E-state index in [1.54, 1.807) is 0 Å². The predicted octanol–water partition coefficient (Wildman–Crippen LogP) is 1.01. The Morgan fingerprint density at radius 2 is 1.69 bits per heavy atom. The van der Waals surface area contributed by atoms with Crippen molar-refractivity contribution in [3.63, 3.8) is 0 Å². The molecule has 1 saturated heterocycles. The fourth-order valence-electron chi connectivity index (χ4n) is 1.55. The van der Waals surface area contributed by atoms with Gasteiger partial charge in [0.2, 0.25) is 11.8 Å². The Kier molecular flexibility index (Phi) is 4.65. The number of carbonyl (C=O) groups excluding carboxylic acids is 2. The van der Waals surface area contributed by atoms with Crippen molar-refractivity contribution in [3.05, 3.63) is 0 Å². The molecule has 1 aliphatic rings. The molecule has 1 fully saturated rings. The highest BCUT2D eigenvalue weighted by Gasteiger charge is 2.29. The van der Waals surface area contributed by atoms with Gasteiger partial charge in [0.05, 0.1) is 6.16 Å². The third-order valence-electron chi connectivity index (χ3n) is 2.52. The van der Waals surface area contributed by atoms with Crippen LogP contribution in [0.25, 0.3) is 0 Å². The molecule has 0 unspecified atom stereocenters. The summed E-state index contributed by atoms with van der Waals surface area (Å²) in [6.07, 6.45) is 1.20. The van der Waals surface area contributed by atoms with Crippen LogP contribution in [-0.2, 0) is 23.2 Å². The quantitative estimate of drug-likeness (QED) is 0.519. The molecule has 0 aromatic heterocycles. The maximum absolute atomic E-state index is 11.7. The monoisotopic (exact) mass is 249 g/mol.